The van der Waals surface area contributed by atoms with Crippen LogP contribution in [-0.2, 0) is 0 Å². The number of fused-ring (bicyclic) bond motifs is 1. The summed E-state index contributed by atoms with van der Waals surface area (Å²) in [5.41, 5.74) is 3.40. The Morgan fingerprint density at radius 2 is 2.18 bits per heavy atom. The van der Waals surface area contributed by atoms with Gasteiger partial charge in [-0.05, 0) is 18.4 Å². The SMILES string of the molecule is C1=CC23C=CC(=CC=C2C1)C3. The van der Waals surface area contributed by atoms with Gasteiger partial charge in [0.2, 0.25) is 0 Å². The Morgan fingerprint density at radius 1 is 1.18 bits per heavy atom. The average Bonchev–Trinajstić information content (AvgIpc) is 2.58. The molecule has 11 heavy (non-hydrogen) atoms. The fourth-order valence-corrected chi connectivity index (χ4v) is 2.28. The zero-order valence-corrected chi connectivity index (χ0v) is 6.38. The van der Waals surface area contributed by atoms with Gasteiger partial charge in [0, 0.05) is 5.41 Å². The third kappa shape index (κ3) is 0.555. The van der Waals surface area contributed by atoms with Gasteiger partial charge in [0.05, 0.1) is 0 Å². The molecule has 0 aromatic rings. The van der Waals surface area contributed by atoms with E-state index in [4.69, 9.17) is 0 Å². The Hall–Kier alpha value is -1.04. The minimum Gasteiger partial charge on any atom is -0.0832 e. The van der Waals surface area contributed by atoms with E-state index in [1.54, 1.807) is 5.57 Å². The first-order chi connectivity index (χ1) is 5.39. The van der Waals surface area contributed by atoms with Gasteiger partial charge in [0.1, 0.15) is 0 Å². The minimum atomic E-state index is 0.337. The Balaban J connectivity index is 2.26. The van der Waals surface area contributed by atoms with E-state index < -0.39 is 0 Å². The molecule has 0 saturated heterocycles. The summed E-state index contributed by atoms with van der Waals surface area (Å²) in [6, 6.07) is 0. The Bertz CT molecular complexity index is 326. The average molecular weight is 142 g/mol. The molecule has 0 aromatic carbocycles. The van der Waals surface area contributed by atoms with Gasteiger partial charge in [0.25, 0.3) is 0 Å². The van der Waals surface area contributed by atoms with E-state index in [-0.39, 0.29) is 0 Å². The van der Waals surface area contributed by atoms with Crippen LogP contribution in [0.25, 0.3) is 0 Å². The first-order valence-electron chi connectivity index (χ1n) is 4.16. The van der Waals surface area contributed by atoms with Crippen LogP contribution in [0.2, 0.25) is 0 Å². The van der Waals surface area contributed by atoms with Gasteiger partial charge in [0.15, 0.2) is 0 Å². The summed E-state index contributed by atoms with van der Waals surface area (Å²) in [5.74, 6) is 0. The van der Waals surface area contributed by atoms with Crippen molar-refractivity contribution in [3.05, 3.63) is 47.6 Å². The summed E-state index contributed by atoms with van der Waals surface area (Å²) >= 11 is 0. The molecular weight excluding hydrogens is 132 g/mol. The van der Waals surface area contributed by atoms with Crippen molar-refractivity contribution in [2.24, 2.45) is 5.41 Å². The van der Waals surface area contributed by atoms with Crippen LogP contribution in [0.5, 0.6) is 0 Å². The van der Waals surface area contributed by atoms with Crippen LogP contribution in [0.4, 0.5) is 0 Å². The summed E-state index contributed by atoms with van der Waals surface area (Å²) in [5, 5.41) is 0. The van der Waals surface area contributed by atoms with Gasteiger partial charge >= 0.3 is 0 Å². The van der Waals surface area contributed by atoms with E-state index in [1.807, 2.05) is 0 Å². The number of hydrogen-bond acceptors (Lipinski definition) is 0. The van der Waals surface area contributed by atoms with Crippen LogP contribution in [0.15, 0.2) is 47.6 Å². The van der Waals surface area contributed by atoms with Crippen LogP contribution < -0.4 is 0 Å². The van der Waals surface area contributed by atoms with Gasteiger partial charge in [-0.25, -0.2) is 0 Å². The van der Waals surface area contributed by atoms with Crippen LogP contribution in [0, 0.1) is 5.41 Å². The van der Waals surface area contributed by atoms with Crippen molar-refractivity contribution in [3.63, 3.8) is 0 Å². The molecule has 1 atom stereocenters. The molecule has 2 bridgehead atoms. The van der Waals surface area contributed by atoms with Crippen molar-refractivity contribution < 1.29 is 0 Å². The van der Waals surface area contributed by atoms with E-state index in [0.717, 1.165) is 6.42 Å². The molecule has 3 rings (SSSR count). The monoisotopic (exact) mass is 142 g/mol. The molecule has 0 heteroatoms. The number of allylic oxidation sites excluding steroid dienone is 8. The second-order valence-corrected chi connectivity index (χ2v) is 3.59. The highest BCUT2D eigenvalue weighted by atomic mass is 14.4. The van der Waals surface area contributed by atoms with Crippen molar-refractivity contribution >= 4 is 0 Å². The maximum atomic E-state index is 2.36. The predicted octanol–water partition coefficient (Wildman–Crippen LogP) is 2.76. The molecule has 0 nitrogen and oxygen atoms in total. The molecule has 0 heterocycles. The maximum absolute atomic E-state index is 2.36. The molecule has 1 unspecified atom stereocenters. The Labute approximate surface area is 66.6 Å². The molecule has 0 amide bonds. The van der Waals surface area contributed by atoms with Crippen LogP contribution in [0.1, 0.15) is 12.8 Å². The lowest BCUT2D eigenvalue weighted by Gasteiger charge is -2.24. The highest BCUT2D eigenvalue weighted by Crippen LogP contribution is 2.50. The van der Waals surface area contributed by atoms with E-state index in [2.05, 4.69) is 36.5 Å². The molecular formula is C11H10. The highest BCUT2D eigenvalue weighted by molar-refractivity contribution is 5.51. The minimum absolute atomic E-state index is 0.337. The van der Waals surface area contributed by atoms with Gasteiger partial charge in [-0.2, -0.15) is 0 Å². The quantitative estimate of drug-likeness (QED) is 0.456. The molecule has 3 aliphatic rings. The zero-order chi connectivity index (χ0) is 7.31. The highest BCUT2D eigenvalue weighted by Gasteiger charge is 2.36. The summed E-state index contributed by atoms with van der Waals surface area (Å²) in [7, 11) is 0. The Morgan fingerprint density at radius 3 is 3.18 bits per heavy atom. The van der Waals surface area contributed by atoms with Crippen LogP contribution >= 0.6 is 0 Å². The summed E-state index contributed by atoms with van der Waals surface area (Å²) in [6.07, 6.45) is 16.2. The largest absolute Gasteiger partial charge is 0.0832 e. The van der Waals surface area contributed by atoms with E-state index in [0.29, 0.717) is 5.41 Å². The Kier molecular flexibility index (Phi) is 0.803. The summed E-state index contributed by atoms with van der Waals surface area (Å²) in [6.45, 7) is 0. The molecule has 0 aliphatic heterocycles. The smallest absolute Gasteiger partial charge is 0.0321 e. The lowest BCUT2D eigenvalue weighted by molar-refractivity contribution is 0.613. The van der Waals surface area contributed by atoms with Crippen LogP contribution in [0.3, 0.4) is 0 Å². The zero-order valence-electron chi connectivity index (χ0n) is 6.38. The molecule has 0 N–H and O–H groups in total. The fourth-order valence-electron chi connectivity index (χ4n) is 2.28. The second kappa shape index (κ2) is 1.58. The summed E-state index contributed by atoms with van der Waals surface area (Å²) < 4.78 is 0. The first-order valence-corrected chi connectivity index (χ1v) is 4.16. The maximum Gasteiger partial charge on any atom is 0.0321 e. The third-order valence-corrected chi connectivity index (χ3v) is 2.94. The standard InChI is InChI=1S/C11H10/c1-2-10-4-3-9-5-7-11(10,6-1)8-9/h1,3-7H,2,8H2. The first kappa shape index (κ1) is 5.59. The van der Waals surface area contributed by atoms with Gasteiger partial charge in [-0.1, -0.05) is 42.0 Å². The van der Waals surface area contributed by atoms with Crippen molar-refractivity contribution in [3.8, 4) is 0 Å². The molecule has 3 aliphatic carbocycles. The normalized spacial score (nSPS) is 37.1. The van der Waals surface area contributed by atoms with Crippen LogP contribution in [-0.4, -0.2) is 0 Å². The molecule has 0 radical (unpaired) electrons. The second-order valence-electron chi connectivity index (χ2n) is 3.59. The molecule has 0 aromatic heterocycles. The lowest BCUT2D eigenvalue weighted by atomic mass is 9.79. The summed E-state index contributed by atoms with van der Waals surface area (Å²) in [4.78, 5) is 0. The fraction of sp³-hybridized carbons (Fsp3) is 0.273. The van der Waals surface area contributed by atoms with E-state index in [9.17, 15) is 0 Å². The molecule has 54 valence electrons. The third-order valence-electron chi connectivity index (χ3n) is 2.94. The number of rotatable bonds is 0. The predicted molar refractivity (Wildman–Crippen MR) is 46.1 cm³/mol. The van der Waals surface area contributed by atoms with E-state index in [1.165, 1.54) is 12.0 Å². The molecule has 1 spiro atoms. The van der Waals surface area contributed by atoms with Crippen molar-refractivity contribution in [1.82, 2.24) is 0 Å². The van der Waals surface area contributed by atoms with Crippen molar-refractivity contribution in [2.75, 3.05) is 0 Å². The topological polar surface area (TPSA) is 0 Å². The lowest BCUT2D eigenvalue weighted by Crippen LogP contribution is -2.12. The van der Waals surface area contributed by atoms with Crippen molar-refractivity contribution in [1.29, 1.82) is 0 Å². The van der Waals surface area contributed by atoms with Gasteiger partial charge < -0.3 is 0 Å². The van der Waals surface area contributed by atoms with Gasteiger partial charge in [-0.15, -0.1) is 0 Å². The molecule has 0 saturated carbocycles. The van der Waals surface area contributed by atoms with Crippen molar-refractivity contribution in [2.45, 2.75) is 12.8 Å². The molecule has 0 fully saturated rings. The van der Waals surface area contributed by atoms with Gasteiger partial charge in [-0.3, -0.25) is 0 Å². The van der Waals surface area contributed by atoms with E-state index >= 15 is 0 Å². The number of hydrogen-bond donors (Lipinski definition) is 0.